The van der Waals surface area contributed by atoms with Gasteiger partial charge in [0.15, 0.2) is 0 Å². The highest BCUT2D eigenvalue weighted by Crippen LogP contribution is 2.07. The van der Waals surface area contributed by atoms with Gasteiger partial charge in [0.1, 0.15) is 0 Å². The Balaban J connectivity index is 2.50. The summed E-state index contributed by atoms with van der Waals surface area (Å²) in [6.45, 7) is 5.10. The highest BCUT2D eigenvalue weighted by molar-refractivity contribution is 5.91. The molecule has 0 atom stereocenters. The molecular formula is C15H22N2O. The van der Waals surface area contributed by atoms with E-state index in [1.54, 1.807) is 11.0 Å². The summed E-state index contributed by atoms with van der Waals surface area (Å²) < 4.78 is 0. The van der Waals surface area contributed by atoms with Gasteiger partial charge in [-0.1, -0.05) is 26.0 Å². The minimum absolute atomic E-state index is 0.0347. The zero-order valence-electron chi connectivity index (χ0n) is 11.4. The van der Waals surface area contributed by atoms with E-state index >= 15 is 0 Å². The molecule has 0 saturated carbocycles. The van der Waals surface area contributed by atoms with Crippen LogP contribution in [0.2, 0.25) is 0 Å². The number of nitrogen functional groups attached to an aromatic ring is 1. The van der Waals surface area contributed by atoms with Gasteiger partial charge >= 0.3 is 0 Å². The molecule has 0 fully saturated rings. The Morgan fingerprint density at radius 2 is 1.94 bits per heavy atom. The van der Waals surface area contributed by atoms with Crippen molar-refractivity contribution in [3.8, 4) is 0 Å². The van der Waals surface area contributed by atoms with Crippen LogP contribution in [-0.2, 0) is 4.79 Å². The first-order valence-corrected chi connectivity index (χ1v) is 6.27. The Labute approximate surface area is 109 Å². The number of nitrogens with zero attached hydrogens (tertiary/aromatic N) is 1. The quantitative estimate of drug-likeness (QED) is 0.641. The van der Waals surface area contributed by atoms with E-state index in [2.05, 4.69) is 13.8 Å². The second-order valence-corrected chi connectivity index (χ2v) is 4.94. The summed E-state index contributed by atoms with van der Waals surface area (Å²) in [6.07, 6.45) is 4.44. The molecule has 0 aliphatic carbocycles. The number of carbonyl (C=O) groups excluding carboxylic acids is 1. The lowest BCUT2D eigenvalue weighted by Crippen LogP contribution is -2.26. The first-order chi connectivity index (χ1) is 8.49. The fraction of sp³-hybridized carbons (Fsp3) is 0.400. The topological polar surface area (TPSA) is 46.3 Å². The Morgan fingerprint density at radius 1 is 1.33 bits per heavy atom. The van der Waals surface area contributed by atoms with Crippen LogP contribution in [0.15, 0.2) is 30.3 Å². The fourth-order valence-electron chi connectivity index (χ4n) is 1.46. The van der Waals surface area contributed by atoms with Gasteiger partial charge in [0, 0.05) is 25.4 Å². The maximum absolute atomic E-state index is 11.8. The van der Waals surface area contributed by atoms with Crippen molar-refractivity contribution in [3.63, 3.8) is 0 Å². The first-order valence-electron chi connectivity index (χ1n) is 6.27. The third-order valence-electron chi connectivity index (χ3n) is 2.77. The lowest BCUT2D eigenvalue weighted by molar-refractivity contribution is -0.124. The number of amides is 1. The zero-order valence-corrected chi connectivity index (χ0v) is 11.4. The van der Waals surface area contributed by atoms with Crippen LogP contribution in [-0.4, -0.2) is 24.4 Å². The van der Waals surface area contributed by atoms with Gasteiger partial charge in [0.25, 0.3) is 0 Å². The SMILES string of the molecule is CC(C)CCN(C)C(=O)/C=C/c1ccc(N)cc1. The molecule has 0 saturated heterocycles. The van der Waals surface area contributed by atoms with Crippen LogP contribution in [0.4, 0.5) is 5.69 Å². The third kappa shape index (κ3) is 5.04. The van der Waals surface area contributed by atoms with E-state index in [-0.39, 0.29) is 5.91 Å². The molecule has 2 N–H and O–H groups in total. The largest absolute Gasteiger partial charge is 0.399 e. The molecule has 0 unspecified atom stereocenters. The Kier molecular flexibility index (Phi) is 5.43. The van der Waals surface area contributed by atoms with Gasteiger partial charge in [-0.15, -0.1) is 0 Å². The van der Waals surface area contributed by atoms with Gasteiger partial charge < -0.3 is 10.6 Å². The van der Waals surface area contributed by atoms with Crippen LogP contribution in [0.1, 0.15) is 25.8 Å². The van der Waals surface area contributed by atoms with Crippen molar-refractivity contribution in [1.82, 2.24) is 4.90 Å². The summed E-state index contributed by atoms with van der Waals surface area (Å²) >= 11 is 0. The molecule has 0 aliphatic rings. The number of rotatable bonds is 5. The zero-order chi connectivity index (χ0) is 13.5. The van der Waals surface area contributed by atoms with Crippen LogP contribution >= 0.6 is 0 Å². The summed E-state index contributed by atoms with van der Waals surface area (Å²) in [5.74, 6) is 0.647. The van der Waals surface area contributed by atoms with Gasteiger partial charge in [0.05, 0.1) is 0 Å². The van der Waals surface area contributed by atoms with Gasteiger partial charge in [-0.25, -0.2) is 0 Å². The minimum Gasteiger partial charge on any atom is -0.399 e. The summed E-state index contributed by atoms with van der Waals surface area (Å²) in [4.78, 5) is 13.6. The molecule has 1 rings (SSSR count). The maximum Gasteiger partial charge on any atom is 0.246 e. The number of hydrogen-bond acceptors (Lipinski definition) is 2. The molecule has 0 heterocycles. The van der Waals surface area contributed by atoms with Gasteiger partial charge in [0.2, 0.25) is 5.91 Å². The molecule has 98 valence electrons. The van der Waals surface area contributed by atoms with E-state index in [1.165, 1.54) is 0 Å². The number of benzene rings is 1. The minimum atomic E-state index is 0.0347. The Hall–Kier alpha value is -1.77. The van der Waals surface area contributed by atoms with Gasteiger partial charge in [-0.3, -0.25) is 4.79 Å². The van der Waals surface area contributed by atoms with Crippen LogP contribution < -0.4 is 5.73 Å². The molecule has 18 heavy (non-hydrogen) atoms. The second-order valence-electron chi connectivity index (χ2n) is 4.94. The predicted molar refractivity (Wildman–Crippen MR) is 77.0 cm³/mol. The molecule has 0 bridgehead atoms. The molecule has 3 nitrogen and oxygen atoms in total. The molecular weight excluding hydrogens is 224 g/mol. The van der Waals surface area contributed by atoms with Crippen molar-refractivity contribution in [2.45, 2.75) is 20.3 Å². The van der Waals surface area contributed by atoms with Crippen molar-refractivity contribution in [2.24, 2.45) is 5.92 Å². The molecule has 1 amide bonds. The summed E-state index contributed by atoms with van der Waals surface area (Å²) in [5, 5.41) is 0. The summed E-state index contributed by atoms with van der Waals surface area (Å²) in [5.41, 5.74) is 7.31. The van der Waals surface area contributed by atoms with Crippen molar-refractivity contribution >= 4 is 17.7 Å². The number of nitrogens with two attached hydrogens (primary N) is 1. The highest BCUT2D eigenvalue weighted by atomic mass is 16.2. The summed E-state index contributed by atoms with van der Waals surface area (Å²) in [6, 6.07) is 7.44. The van der Waals surface area contributed by atoms with Crippen LogP contribution in [0, 0.1) is 5.92 Å². The number of anilines is 1. The lowest BCUT2D eigenvalue weighted by atomic mass is 10.1. The molecule has 0 radical (unpaired) electrons. The standard InChI is InChI=1S/C15H22N2O/c1-12(2)10-11-17(3)15(18)9-6-13-4-7-14(16)8-5-13/h4-9,12H,10-11,16H2,1-3H3/b9-6+. The van der Waals surface area contributed by atoms with Crippen LogP contribution in [0.3, 0.4) is 0 Å². The molecule has 0 spiro atoms. The van der Waals surface area contributed by atoms with Crippen LogP contribution in [0.5, 0.6) is 0 Å². The monoisotopic (exact) mass is 246 g/mol. The number of carbonyl (C=O) groups is 1. The normalized spacial score (nSPS) is 11.1. The van der Waals surface area contributed by atoms with E-state index in [4.69, 9.17) is 5.73 Å². The maximum atomic E-state index is 11.8. The van der Waals surface area contributed by atoms with Gasteiger partial charge in [-0.2, -0.15) is 0 Å². The molecule has 3 heteroatoms. The number of likely N-dealkylation sites (N-methyl/N-ethyl adjacent to an activating group) is 1. The van der Waals surface area contributed by atoms with Gasteiger partial charge in [-0.05, 0) is 36.1 Å². The van der Waals surface area contributed by atoms with Crippen molar-refractivity contribution in [1.29, 1.82) is 0 Å². The Bertz CT molecular complexity index is 407. The smallest absolute Gasteiger partial charge is 0.246 e. The van der Waals surface area contributed by atoms with Crippen molar-refractivity contribution in [2.75, 3.05) is 19.3 Å². The molecule has 0 aromatic heterocycles. The van der Waals surface area contributed by atoms with Crippen molar-refractivity contribution < 1.29 is 4.79 Å². The Morgan fingerprint density at radius 3 is 2.50 bits per heavy atom. The van der Waals surface area contributed by atoms with E-state index in [1.807, 2.05) is 37.4 Å². The predicted octanol–water partition coefficient (Wildman–Crippen LogP) is 2.79. The van der Waals surface area contributed by atoms with E-state index < -0.39 is 0 Å². The third-order valence-corrected chi connectivity index (χ3v) is 2.77. The van der Waals surface area contributed by atoms with E-state index in [9.17, 15) is 4.79 Å². The lowest BCUT2D eigenvalue weighted by Gasteiger charge is -2.16. The molecule has 0 aliphatic heterocycles. The summed E-state index contributed by atoms with van der Waals surface area (Å²) in [7, 11) is 1.83. The average Bonchev–Trinajstić information content (AvgIpc) is 2.34. The first kappa shape index (κ1) is 14.3. The second kappa shape index (κ2) is 6.84. The average molecular weight is 246 g/mol. The van der Waals surface area contributed by atoms with Crippen LogP contribution in [0.25, 0.3) is 6.08 Å². The van der Waals surface area contributed by atoms with E-state index in [0.29, 0.717) is 5.92 Å². The highest BCUT2D eigenvalue weighted by Gasteiger charge is 2.05. The molecule has 1 aromatic rings. The van der Waals surface area contributed by atoms with E-state index in [0.717, 1.165) is 24.2 Å². The fourth-order valence-corrected chi connectivity index (χ4v) is 1.46. The molecule has 1 aromatic carbocycles. The van der Waals surface area contributed by atoms with Crippen molar-refractivity contribution in [3.05, 3.63) is 35.9 Å². The number of hydrogen-bond donors (Lipinski definition) is 1.